The molecule has 0 aliphatic rings. The van der Waals surface area contributed by atoms with Crippen LogP contribution in [0.4, 0.5) is 5.69 Å². The molecule has 0 saturated heterocycles. The van der Waals surface area contributed by atoms with Gasteiger partial charge in [0, 0.05) is 11.1 Å². The molecule has 0 unspecified atom stereocenters. The summed E-state index contributed by atoms with van der Waals surface area (Å²) in [5.74, 6) is -0.103. The van der Waals surface area contributed by atoms with Crippen LogP contribution in [-0.4, -0.2) is 14.7 Å². The molecule has 0 aliphatic carbocycles. The predicted octanol–water partition coefficient (Wildman–Crippen LogP) is 3.01. The van der Waals surface area contributed by atoms with Crippen LogP contribution in [-0.2, 0) is 0 Å². The zero-order chi connectivity index (χ0) is 11.7. The van der Waals surface area contributed by atoms with Crippen molar-refractivity contribution in [2.75, 3.05) is 5.32 Å². The summed E-state index contributed by atoms with van der Waals surface area (Å²) >= 11 is 2.67. The van der Waals surface area contributed by atoms with Crippen LogP contribution >= 0.6 is 23.1 Å². The molecule has 84 valence electrons. The number of benzene rings is 1. The third-order valence-electron chi connectivity index (χ3n) is 2.29. The molecule has 3 rings (SSSR count). The van der Waals surface area contributed by atoms with E-state index in [9.17, 15) is 4.79 Å². The first-order chi connectivity index (χ1) is 8.33. The summed E-state index contributed by atoms with van der Waals surface area (Å²) < 4.78 is 8.24. The lowest BCUT2D eigenvalue weighted by molar-refractivity contribution is 0.102. The number of rotatable bonds is 2. The molecule has 0 saturated carbocycles. The van der Waals surface area contributed by atoms with Crippen molar-refractivity contribution in [3.8, 4) is 0 Å². The summed E-state index contributed by atoms with van der Waals surface area (Å²) in [5.41, 5.74) is 3.06. The van der Waals surface area contributed by atoms with Crippen molar-refractivity contribution >= 4 is 45.7 Å². The van der Waals surface area contributed by atoms with Crippen LogP contribution < -0.4 is 5.32 Å². The van der Waals surface area contributed by atoms with Gasteiger partial charge < -0.3 is 5.32 Å². The summed E-state index contributed by atoms with van der Waals surface area (Å²) in [7, 11) is 0. The molecule has 0 spiro atoms. The van der Waals surface area contributed by atoms with Gasteiger partial charge in [0.1, 0.15) is 11.0 Å². The van der Waals surface area contributed by atoms with Crippen molar-refractivity contribution in [1.82, 2.24) is 8.75 Å². The molecule has 1 aromatic carbocycles. The molecule has 1 N–H and O–H groups in total. The van der Waals surface area contributed by atoms with E-state index in [0.29, 0.717) is 5.56 Å². The van der Waals surface area contributed by atoms with Gasteiger partial charge in [0.15, 0.2) is 0 Å². The molecule has 0 atom stereocenters. The van der Waals surface area contributed by atoms with Gasteiger partial charge in [-0.15, -0.1) is 0 Å². The number of thiophene rings is 1. The van der Waals surface area contributed by atoms with Crippen molar-refractivity contribution in [3.63, 3.8) is 0 Å². The number of nitrogens with zero attached hydrogens (tertiary/aromatic N) is 2. The van der Waals surface area contributed by atoms with Crippen LogP contribution in [0.2, 0.25) is 0 Å². The Hall–Kier alpha value is -1.79. The first-order valence-electron chi connectivity index (χ1n) is 4.89. The van der Waals surface area contributed by atoms with Gasteiger partial charge in [-0.25, -0.2) is 0 Å². The fourth-order valence-electron chi connectivity index (χ4n) is 1.46. The molecular formula is C11H7N3OS2. The van der Waals surface area contributed by atoms with E-state index < -0.39 is 0 Å². The maximum Gasteiger partial charge on any atom is 0.256 e. The normalized spacial score (nSPS) is 10.6. The second kappa shape index (κ2) is 4.23. The Balaban J connectivity index is 1.87. The second-order valence-corrected chi connectivity index (χ2v) is 4.74. The average Bonchev–Trinajstić information content (AvgIpc) is 2.99. The third kappa shape index (κ3) is 2.04. The van der Waals surface area contributed by atoms with Gasteiger partial charge in [-0.3, -0.25) is 4.79 Å². The van der Waals surface area contributed by atoms with Crippen LogP contribution in [0, 0.1) is 0 Å². The first kappa shape index (κ1) is 10.4. The zero-order valence-corrected chi connectivity index (χ0v) is 10.2. The van der Waals surface area contributed by atoms with Gasteiger partial charge >= 0.3 is 0 Å². The van der Waals surface area contributed by atoms with E-state index in [1.54, 1.807) is 6.07 Å². The largest absolute Gasteiger partial charge is 0.322 e. The zero-order valence-electron chi connectivity index (χ0n) is 8.58. The van der Waals surface area contributed by atoms with Crippen molar-refractivity contribution < 1.29 is 4.79 Å². The Morgan fingerprint density at radius 3 is 2.88 bits per heavy atom. The molecule has 4 nitrogen and oxygen atoms in total. The summed E-state index contributed by atoms with van der Waals surface area (Å²) in [6.45, 7) is 0. The van der Waals surface area contributed by atoms with Gasteiger partial charge in [0.2, 0.25) is 0 Å². The number of hydrogen-bond donors (Lipinski definition) is 1. The highest BCUT2D eigenvalue weighted by Crippen LogP contribution is 2.18. The van der Waals surface area contributed by atoms with Crippen LogP contribution in [0.15, 0.2) is 35.0 Å². The molecule has 0 radical (unpaired) electrons. The molecule has 1 amide bonds. The van der Waals surface area contributed by atoms with E-state index in [1.807, 2.05) is 29.0 Å². The number of fused-ring (bicyclic) bond motifs is 1. The molecular weight excluding hydrogens is 254 g/mol. The van der Waals surface area contributed by atoms with Gasteiger partial charge in [-0.05, 0) is 29.6 Å². The summed E-state index contributed by atoms with van der Waals surface area (Å²) in [6.07, 6.45) is 0. The number of amides is 1. The monoisotopic (exact) mass is 261 g/mol. The number of anilines is 1. The molecule has 0 bridgehead atoms. The Morgan fingerprint density at radius 2 is 2.06 bits per heavy atom. The topological polar surface area (TPSA) is 54.9 Å². The SMILES string of the molecule is O=C(Nc1ccc2nsnc2c1)c1ccsc1. The summed E-state index contributed by atoms with van der Waals surface area (Å²) in [5, 5.41) is 6.53. The van der Waals surface area contributed by atoms with Crippen LogP contribution in [0.5, 0.6) is 0 Å². The minimum atomic E-state index is -0.103. The quantitative estimate of drug-likeness (QED) is 0.771. The number of hydrogen-bond acceptors (Lipinski definition) is 5. The minimum absolute atomic E-state index is 0.103. The fraction of sp³-hybridized carbons (Fsp3) is 0. The molecule has 3 aromatic rings. The highest BCUT2D eigenvalue weighted by molar-refractivity contribution is 7.08. The highest BCUT2D eigenvalue weighted by atomic mass is 32.1. The molecule has 0 aliphatic heterocycles. The van der Waals surface area contributed by atoms with Crippen LogP contribution in [0.1, 0.15) is 10.4 Å². The van der Waals surface area contributed by atoms with E-state index in [0.717, 1.165) is 16.7 Å². The maximum absolute atomic E-state index is 11.8. The molecule has 2 heterocycles. The predicted molar refractivity (Wildman–Crippen MR) is 69.7 cm³/mol. The third-order valence-corrected chi connectivity index (χ3v) is 3.53. The van der Waals surface area contributed by atoms with Crippen molar-refractivity contribution in [2.45, 2.75) is 0 Å². The molecule has 0 fully saturated rings. The van der Waals surface area contributed by atoms with E-state index in [2.05, 4.69) is 14.1 Å². The van der Waals surface area contributed by atoms with Crippen LogP contribution in [0.3, 0.4) is 0 Å². The average molecular weight is 261 g/mol. The summed E-state index contributed by atoms with van der Waals surface area (Å²) in [6, 6.07) is 7.29. The number of nitrogens with one attached hydrogen (secondary N) is 1. The Labute approximate surface area is 105 Å². The minimum Gasteiger partial charge on any atom is -0.322 e. The van der Waals surface area contributed by atoms with Crippen LogP contribution in [0.25, 0.3) is 11.0 Å². The lowest BCUT2D eigenvalue weighted by atomic mass is 10.2. The Bertz CT molecular complexity index is 660. The van der Waals surface area contributed by atoms with Gasteiger partial charge in [0.05, 0.1) is 17.3 Å². The maximum atomic E-state index is 11.8. The molecule has 17 heavy (non-hydrogen) atoms. The molecule has 2 aromatic heterocycles. The first-order valence-corrected chi connectivity index (χ1v) is 6.56. The smallest absolute Gasteiger partial charge is 0.256 e. The standard InChI is InChI=1S/C11H7N3OS2/c15-11(7-3-4-16-6-7)12-8-1-2-9-10(5-8)14-17-13-9/h1-6H,(H,12,15). The summed E-state index contributed by atoms with van der Waals surface area (Å²) in [4.78, 5) is 11.8. The lowest BCUT2D eigenvalue weighted by Crippen LogP contribution is -2.10. The number of aromatic nitrogens is 2. The molecule has 6 heteroatoms. The van der Waals surface area contributed by atoms with Gasteiger partial charge in [-0.1, -0.05) is 0 Å². The van der Waals surface area contributed by atoms with Crippen molar-refractivity contribution in [3.05, 3.63) is 40.6 Å². The number of carbonyl (C=O) groups excluding carboxylic acids is 1. The van der Waals surface area contributed by atoms with Crippen molar-refractivity contribution in [1.29, 1.82) is 0 Å². The van der Waals surface area contributed by atoms with E-state index >= 15 is 0 Å². The van der Waals surface area contributed by atoms with Crippen molar-refractivity contribution in [2.24, 2.45) is 0 Å². The Kier molecular flexibility index (Phi) is 2.58. The Morgan fingerprint density at radius 1 is 1.18 bits per heavy atom. The van der Waals surface area contributed by atoms with E-state index in [1.165, 1.54) is 23.1 Å². The van der Waals surface area contributed by atoms with E-state index in [-0.39, 0.29) is 5.91 Å². The van der Waals surface area contributed by atoms with E-state index in [4.69, 9.17) is 0 Å². The fourth-order valence-corrected chi connectivity index (χ4v) is 2.61. The van der Waals surface area contributed by atoms with Gasteiger partial charge in [0.25, 0.3) is 5.91 Å². The second-order valence-electron chi connectivity index (χ2n) is 3.43. The number of carbonyl (C=O) groups is 1. The van der Waals surface area contributed by atoms with Gasteiger partial charge in [-0.2, -0.15) is 20.1 Å². The lowest BCUT2D eigenvalue weighted by Gasteiger charge is -2.02. The highest BCUT2D eigenvalue weighted by Gasteiger charge is 2.07.